The number of hydrogen-bond acceptors (Lipinski definition) is 2. The summed E-state index contributed by atoms with van der Waals surface area (Å²) in [4.78, 5) is 16.1. The molecule has 0 unspecified atom stereocenters. The summed E-state index contributed by atoms with van der Waals surface area (Å²) in [6, 6.07) is 0.981. The first-order valence-corrected chi connectivity index (χ1v) is 11.1. The fourth-order valence-electron chi connectivity index (χ4n) is 3.21. The number of halogens is 7. The van der Waals surface area contributed by atoms with E-state index in [0.29, 0.717) is 47.6 Å². The minimum absolute atomic E-state index is 0.00517. The molecule has 1 amide bonds. The van der Waals surface area contributed by atoms with Gasteiger partial charge >= 0.3 is 12.4 Å². The Hall–Kier alpha value is -3.27. The zero-order valence-electron chi connectivity index (χ0n) is 19.4. The molecule has 1 aliphatic carbocycles. The van der Waals surface area contributed by atoms with Crippen LogP contribution in [-0.4, -0.2) is 11.7 Å². The summed E-state index contributed by atoms with van der Waals surface area (Å²) in [5.74, 6) is -1.31. The lowest BCUT2D eigenvalue weighted by atomic mass is 9.98. The van der Waals surface area contributed by atoms with Crippen molar-refractivity contribution in [1.82, 2.24) is 0 Å². The van der Waals surface area contributed by atoms with Gasteiger partial charge in [-0.25, -0.2) is 4.99 Å². The molecule has 0 saturated heterocycles. The van der Waals surface area contributed by atoms with Gasteiger partial charge in [0.1, 0.15) is 5.84 Å². The van der Waals surface area contributed by atoms with Crippen molar-refractivity contribution in [3.63, 3.8) is 0 Å². The highest BCUT2D eigenvalue weighted by atomic mass is 35.5. The molecule has 4 N–H and O–H groups in total. The normalized spacial score (nSPS) is 16.2. The highest BCUT2D eigenvalue weighted by Crippen LogP contribution is 2.36. The predicted molar refractivity (Wildman–Crippen MR) is 128 cm³/mol. The van der Waals surface area contributed by atoms with Gasteiger partial charge in [0.15, 0.2) is 0 Å². The molecule has 0 saturated carbocycles. The van der Waals surface area contributed by atoms with E-state index >= 15 is 0 Å². The molecule has 36 heavy (non-hydrogen) atoms. The van der Waals surface area contributed by atoms with Crippen molar-refractivity contribution in [2.24, 2.45) is 16.5 Å². The first-order valence-electron chi connectivity index (χ1n) is 10.8. The number of carbonyl (C=O) groups excluding carboxylic acids is 1. The minimum Gasteiger partial charge on any atom is -0.383 e. The maximum Gasteiger partial charge on any atom is 0.416 e. The number of amides is 1. The molecule has 1 aromatic rings. The van der Waals surface area contributed by atoms with Crippen LogP contribution in [0, 0.1) is 0 Å². The van der Waals surface area contributed by atoms with E-state index < -0.39 is 40.8 Å². The van der Waals surface area contributed by atoms with Gasteiger partial charge in [-0.1, -0.05) is 43.2 Å². The topological polar surface area (TPSA) is 81.5 Å². The third-order valence-corrected chi connectivity index (χ3v) is 5.48. The Kier molecular flexibility index (Phi) is 9.37. The van der Waals surface area contributed by atoms with Crippen molar-refractivity contribution >= 4 is 23.3 Å². The quantitative estimate of drug-likeness (QED) is 0.132. The molecule has 1 aliphatic rings. The number of primary amides is 1. The molecule has 0 fully saturated rings. The SMILES string of the molecule is CCC1=CC(/C(=C\C(=C\N=C(N)c2cc(C(F)(F)F)cc(C(F)(F)F)c2)CC)C(N)=O)=CC=C(Cl)C1. The van der Waals surface area contributed by atoms with Gasteiger partial charge in [0.2, 0.25) is 5.91 Å². The Morgan fingerprint density at radius 2 is 1.61 bits per heavy atom. The zero-order valence-corrected chi connectivity index (χ0v) is 20.2. The Bertz CT molecular complexity index is 1170. The molecule has 0 atom stereocenters. The molecule has 4 nitrogen and oxygen atoms in total. The first kappa shape index (κ1) is 29.0. The van der Waals surface area contributed by atoms with Crippen LogP contribution in [0.15, 0.2) is 81.0 Å². The van der Waals surface area contributed by atoms with E-state index in [0.717, 1.165) is 11.8 Å². The highest BCUT2D eigenvalue weighted by molar-refractivity contribution is 6.30. The lowest BCUT2D eigenvalue weighted by molar-refractivity contribution is -0.143. The number of aliphatic imine (C=N–C) groups is 1. The van der Waals surface area contributed by atoms with Crippen LogP contribution in [0.4, 0.5) is 26.3 Å². The van der Waals surface area contributed by atoms with Crippen molar-refractivity contribution in [3.05, 3.63) is 92.7 Å². The fourth-order valence-corrected chi connectivity index (χ4v) is 3.45. The molecule has 2 rings (SSSR count). The average Bonchev–Trinajstić information content (AvgIpc) is 2.98. The number of nitrogens with zero attached hydrogens (tertiary/aromatic N) is 1. The van der Waals surface area contributed by atoms with Crippen molar-refractivity contribution in [2.45, 2.75) is 45.5 Å². The van der Waals surface area contributed by atoms with Crippen LogP contribution in [-0.2, 0) is 17.1 Å². The van der Waals surface area contributed by atoms with Crippen LogP contribution < -0.4 is 11.5 Å². The van der Waals surface area contributed by atoms with Gasteiger partial charge in [-0.05, 0) is 54.3 Å². The second kappa shape index (κ2) is 11.6. The molecule has 1 aromatic carbocycles. The Morgan fingerprint density at radius 3 is 2.08 bits per heavy atom. The van der Waals surface area contributed by atoms with E-state index in [9.17, 15) is 31.1 Å². The van der Waals surface area contributed by atoms with Crippen molar-refractivity contribution in [2.75, 3.05) is 0 Å². The summed E-state index contributed by atoms with van der Waals surface area (Å²) in [5, 5.41) is 0.574. The van der Waals surface area contributed by atoms with E-state index in [-0.39, 0.29) is 11.6 Å². The largest absolute Gasteiger partial charge is 0.416 e. The zero-order chi connectivity index (χ0) is 27.3. The van der Waals surface area contributed by atoms with Crippen LogP contribution in [0.5, 0.6) is 0 Å². The molecule has 0 spiro atoms. The standard InChI is InChI=1S/C25H24ClF6N3O/c1-3-14-7-16(5-6-20(26)8-14)21(23(34)36)9-15(4-2)13-35-22(33)17-10-18(24(27,28)29)12-19(11-17)25(30,31)32/h5-7,9-13H,3-4,8H2,1-2H3,(H2,33,35)(H2,34,36)/b15-13+,21-9+. The van der Waals surface area contributed by atoms with Crippen LogP contribution in [0.1, 0.15) is 49.8 Å². The monoisotopic (exact) mass is 531 g/mol. The van der Waals surface area contributed by atoms with E-state index in [1.54, 1.807) is 25.2 Å². The lowest BCUT2D eigenvalue weighted by Crippen LogP contribution is -2.18. The van der Waals surface area contributed by atoms with Gasteiger partial charge in [-0.15, -0.1) is 0 Å². The second-order valence-corrected chi connectivity index (χ2v) is 8.34. The van der Waals surface area contributed by atoms with Crippen molar-refractivity contribution in [1.29, 1.82) is 0 Å². The average molecular weight is 532 g/mol. The first-order chi connectivity index (χ1) is 16.6. The van der Waals surface area contributed by atoms with Crippen LogP contribution >= 0.6 is 11.6 Å². The predicted octanol–water partition coefficient (Wildman–Crippen LogP) is 6.92. The van der Waals surface area contributed by atoms with Gasteiger partial charge in [-0.2, -0.15) is 26.3 Å². The maximum atomic E-state index is 13.1. The van der Waals surface area contributed by atoms with E-state index in [2.05, 4.69) is 4.99 Å². The highest BCUT2D eigenvalue weighted by Gasteiger charge is 2.37. The number of rotatable bonds is 7. The number of nitrogens with two attached hydrogens (primary N) is 2. The summed E-state index contributed by atoms with van der Waals surface area (Å²) >= 11 is 6.15. The molecule has 11 heteroatoms. The van der Waals surface area contributed by atoms with Gasteiger partial charge in [0.05, 0.1) is 11.1 Å². The van der Waals surface area contributed by atoms with Crippen molar-refractivity contribution < 1.29 is 31.1 Å². The number of hydrogen-bond donors (Lipinski definition) is 2. The Balaban J connectivity index is 2.56. The van der Waals surface area contributed by atoms with Gasteiger partial charge in [-0.3, -0.25) is 4.79 Å². The van der Waals surface area contributed by atoms with Crippen LogP contribution in [0.25, 0.3) is 0 Å². The minimum atomic E-state index is -5.02. The molecule has 0 aliphatic heterocycles. The molecular formula is C25H24ClF6N3O. The van der Waals surface area contributed by atoms with Crippen LogP contribution in [0.2, 0.25) is 0 Å². The van der Waals surface area contributed by atoms with Gasteiger partial charge in [0.25, 0.3) is 0 Å². The fraction of sp³-hybridized carbons (Fsp3) is 0.280. The van der Waals surface area contributed by atoms with E-state index in [1.165, 1.54) is 6.08 Å². The van der Waals surface area contributed by atoms with E-state index in [4.69, 9.17) is 23.1 Å². The second-order valence-electron chi connectivity index (χ2n) is 7.86. The number of allylic oxidation sites excluding steroid dienone is 7. The number of benzene rings is 1. The molecule has 194 valence electrons. The molecule has 0 bridgehead atoms. The molecule has 0 heterocycles. The molecule has 0 aromatic heterocycles. The molecular weight excluding hydrogens is 508 g/mol. The third-order valence-electron chi connectivity index (χ3n) is 5.22. The van der Waals surface area contributed by atoms with Crippen molar-refractivity contribution in [3.8, 4) is 0 Å². The molecule has 0 radical (unpaired) electrons. The smallest absolute Gasteiger partial charge is 0.383 e. The Morgan fingerprint density at radius 1 is 1.03 bits per heavy atom. The summed E-state index contributed by atoms with van der Waals surface area (Å²) in [5.41, 5.74) is 9.74. The summed E-state index contributed by atoms with van der Waals surface area (Å²) in [6.07, 6.45) is -0.876. The van der Waals surface area contributed by atoms with Crippen LogP contribution in [0.3, 0.4) is 0 Å². The summed E-state index contributed by atoms with van der Waals surface area (Å²) in [7, 11) is 0. The third kappa shape index (κ3) is 7.87. The Labute approximate surface area is 209 Å². The van der Waals surface area contributed by atoms with Gasteiger partial charge in [0, 0.05) is 28.8 Å². The summed E-state index contributed by atoms with van der Waals surface area (Å²) in [6.45, 7) is 3.64. The van der Waals surface area contributed by atoms with Gasteiger partial charge < -0.3 is 11.5 Å². The summed E-state index contributed by atoms with van der Waals surface area (Å²) < 4.78 is 78.8. The van der Waals surface area contributed by atoms with E-state index in [1.807, 2.05) is 6.92 Å². The maximum absolute atomic E-state index is 13.1. The number of alkyl halides is 6. The lowest BCUT2D eigenvalue weighted by Gasteiger charge is -2.14. The number of carbonyl (C=O) groups is 1. The number of amidine groups is 1.